The van der Waals surface area contributed by atoms with Crippen LogP contribution < -0.4 is 10.5 Å². The molecule has 0 amide bonds. The van der Waals surface area contributed by atoms with Gasteiger partial charge in [-0.15, -0.1) is 0 Å². The van der Waals surface area contributed by atoms with Crippen molar-refractivity contribution < 1.29 is 18.3 Å². The monoisotopic (exact) mass is 328 g/mol. The standard InChI is InChI=1S/C15H24N2O4S/c1-4-6-11(5-2)17-10(3)14-9-12(22(16,20)21)7-8-13(14)15(18)19/h7-11,17H,4-6H2,1-3H3,(H,18,19)(H2,16,20,21). The van der Waals surface area contributed by atoms with Crippen molar-refractivity contribution in [3.8, 4) is 0 Å². The van der Waals surface area contributed by atoms with Crippen molar-refractivity contribution in [1.82, 2.24) is 5.32 Å². The Morgan fingerprint density at radius 1 is 1.36 bits per heavy atom. The SMILES string of the molecule is CCCC(CC)NC(C)c1cc(S(N)(=O)=O)ccc1C(=O)O. The van der Waals surface area contributed by atoms with Crippen LogP contribution in [0.1, 0.15) is 62.0 Å². The third kappa shape index (κ3) is 4.79. The lowest BCUT2D eigenvalue weighted by Gasteiger charge is -2.23. The number of primary sulfonamides is 1. The molecule has 0 aliphatic carbocycles. The summed E-state index contributed by atoms with van der Waals surface area (Å²) in [4.78, 5) is 11.3. The molecule has 0 saturated heterocycles. The molecular formula is C15H24N2O4S. The molecule has 0 spiro atoms. The molecule has 22 heavy (non-hydrogen) atoms. The Morgan fingerprint density at radius 3 is 2.45 bits per heavy atom. The van der Waals surface area contributed by atoms with E-state index < -0.39 is 16.0 Å². The van der Waals surface area contributed by atoms with E-state index in [9.17, 15) is 18.3 Å². The normalized spacial score (nSPS) is 14.5. The Bertz CT molecular complexity index is 628. The van der Waals surface area contributed by atoms with E-state index in [0.717, 1.165) is 19.3 Å². The van der Waals surface area contributed by atoms with Gasteiger partial charge in [0.05, 0.1) is 10.5 Å². The largest absolute Gasteiger partial charge is 0.478 e. The van der Waals surface area contributed by atoms with Crippen molar-refractivity contribution in [1.29, 1.82) is 0 Å². The molecule has 1 aromatic rings. The third-order valence-corrected chi connectivity index (χ3v) is 4.58. The van der Waals surface area contributed by atoms with E-state index in [1.165, 1.54) is 18.2 Å². The smallest absolute Gasteiger partial charge is 0.336 e. The molecule has 2 unspecified atom stereocenters. The van der Waals surface area contributed by atoms with Crippen molar-refractivity contribution in [3.05, 3.63) is 29.3 Å². The van der Waals surface area contributed by atoms with Gasteiger partial charge in [-0.2, -0.15) is 0 Å². The van der Waals surface area contributed by atoms with E-state index in [0.29, 0.717) is 5.56 Å². The van der Waals surface area contributed by atoms with Crippen molar-refractivity contribution in [2.24, 2.45) is 5.14 Å². The molecule has 0 heterocycles. The first-order chi connectivity index (χ1) is 10.2. The number of nitrogens with two attached hydrogens (primary N) is 1. The number of carbonyl (C=O) groups is 1. The van der Waals surface area contributed by atoms with E-state index in [2.05, 4.69) is 19.2 Å². The minimum Gasteiger partial charge on any atom is -0.478 e. The predicted molar refractivity (Wildman–Crippen MR) is 85.3 cm³/mol. The highest BCUT2D eigenvalue weighted by Crippen LogP contribution is 2.23. The fourth-order valence-electron chi connectivity index (χ4n) is 2.47. The number of carboxylic acids is 1. The van der Waals surface area contributed by atoms with Gasteiger partial charge in [0.25, 0.3) is 0 Å². The van der Waals surface area contributed by atoms with Crippen LogP contribution >= 0.6 is 0 Å². The molecule has 7 heteroatoms. The van der Waals surface area contributed by atoms with Crippen LogP contribution in [0.15, 0.2) is 23.1 Å². The van der Waals surface area contributed by atoms with Gasteiger partial charge in [-0.25, -0.2) is 18.4 Å². The van der Waals surface area contributed by atoms with Gasteiger partial charge in [-0.3, -0.25) is 0 Å². The fraction of sp³-hybridized carbons (Fsp3) is 0.533. The average Bonchev–Trinajstić information content (AvgIpc) is 2.44. The molecule has 0 aromatic heterocycles. The maximum atomic E-state index is 11.5. The van der Waals surface area contributed by atoms with Crippen molar-refractivity contribution in [2.75, 3.05) is 0 Å². The topological polar surface area (TPSA) is 109 Å². The number of aromatic carboxylic acids is 1. The van der Waals surface area contributed by atoms with Gasteiger partial charge in [0.1, 0.15) is 0 Å². The van der Waals surface area contributed by atoms with Crippen LogP contribution in [-0.4, -0.2) is 25.5 Å². The first-order valence-electron chi connectivity index (χ1n) is 7.36. The fourth-order valence-corrected chi connectivity index (χ4v) is 3.02. The molecule has 2 atom stereocenters. The highest BCUT2D eigenvalue weighted by atomic mass is 32.2. The first-order valence-corrected chi connectivity index (χ1v) is 8.91. The predicted octanol–water partition coefficient (Wildman–Crippen LogP) is 2.26. The number of hydrogen-bond acceptors (Lipinski definition) is 4. The Balaban J connectivity index is 3.21. The Labute approximate surface area is 131 Å². The summed E-state index contributed by atoms with van der Waals surface area (Å²) >= 11 is 0. The number of benzene rings is 1. The summed E-state index contributed by atoms with van der Waals surface area (Å²) in [5, 5.41) is 17.8. The first kappa shape index (κ1) is 18.6. The summed E-state index contributed by atoms with van der Waals surface area (Å²) in [7, 11) is -3.87. The Morgan fingerprint density at radius 2 is 2.00 bits per heavy atom. The maximum Gasteiger partial charge on any atom is 0.336 e. The summed E-state index contributed by atoms with van der Waals surface area (Å²) in [6.07, 6.45) is 2.90. The van der Waals surface area contributed by atoms with Gasteiger partial charge < -0.3 is 10.4 Å². The maximum absolute atomic E-state index is 11.5. The van der Waals surface area contributed by atoms with Crippen LogP contribution in [-0.2, 0) is 10.0 Å². The quantitative estimate of drug-likeness (QED) is 0.678. The minimum atomic E-state index is -3.87. The van der Waals surface area contributed by atoms with Crippen LogP contribution in [0, 0.1) is 0 Å². The van der Waals surface area contributed by atoms with E-state index in [-0.39, 0.29) is 22.5 Å². The number of sulfonamides is 1. The molecule has 1 rings (SSSR count). The number of hydrogen-bond donors (Lipinski definition) is 3. The second-order valence-electron chi connectivity index (χ2n) is 5.38. The average molecular weight is 328 g/mol. The van der Waals surface area contributed by atoms with E-state index in [1.54, 1.807) is 0 Å². The Hall–Kier alpha value is -1.44. The molecule has 1 aromatic carbocycles. The van der Waals surface area contributed by atoms with Gasteiger partial charge in [-0.05, 0) is 43.5 Å². The van der Waals surface area contributed by atoms with E-state index in [1.807, 2.05) is 6.92 Å². The summed E-state index contributed by atoms with van der Waals surface area (Å²) in [6.45, 7) is 5.96. The van der Waals surface area contributed by atoms with Gasteiger partial charge in [-0.1, -0.05) is 20.3 Å². The lowest BCUT2D eigenvalue weighted by molar-refractivity contribution is 0.0694. The molecule has 4 N–H and O–H groups in total. The van der Waals surface area contributed by atoms with Gasteiger partial charge >= 0.3 is 5.97 Å². The zero-order valence-electron chi connectivity index (χ0n) is 13.2. The molecule has 0 aliphatic rings. The Kier molecular flexibility index (Phi) is 6.52. The zero-order valence-corrected chi connectivity index (χ0v) is 14.0. The molecule has 0 radical (unpaired) electrons. The molecule has 0 fully saturated rings. The number of carboxylic acid groups (broad SMARTS) is 1. The minimum absolute atomic E-state index is 0.0790. The van der Waals surface area contributed by atoms with Gasteiger partial charge in [0.15, 0.2) is 0 Å². The van der Waals surface area contributed by atoms with Crippen LogP contribution in [0.2, 0.25) is 0 Å². The second-order valence-corrected chi connectivity index (χ2v) is 6.94. The van der Waals surface area contributed by atoms with Crippen LogP contribution in [0.3, 0.4) is 0 Å². The lowest BCUT2D eigenvalue weighted by atomic mass is 9.99. The summed E-state index contributed by atoms with van der Waals surface area (Å²) in [5.41, 5.74) is 0.507. The van der Waals surface area contributed by atoms with Crippen molar-refractivity contribution >= 4 is 16.0 Å². The van der Waals surface area contributed by atoms with Crippen LogP contribution in [0.5, 0.6) is 0 Å². The van der Waals surface area contributed by atoms with Crippen LogP contribution in [0.25, 0.3) is 0 Å². The highest BCUT2D eigenvalue weighted by molar-refractivity contribution is 7.89. The highest BCUT2D eigenvalue weighted by Gasteiger charge is 2.20. The molecule has 6 nitrogen and oxygen atoms in total. The van der Waals surface area contributed by atoms with Gasteiger partial charge in [0, 0.05) is 12.1 Å². The van der Waals surface area contributed by atoms with E-state index >= 15 is 0 Å². The number of rotatable bonds is 8. The van der Waals surface area contributed by atoms with Crippen molar-refractivity contribution in [2.45, 2.75) is 57.0 Å². The summed E-state index contributed by atoms with van der Waals surface area (Å²) in [6, 6.07) is 3.81. The molecule has 0 saturated carbocycles. The zero-order chi connectivity index (χ0) is 16.9. The van der Waals surface area contributed by atoms with Crippen molar-refractivity contribution in [3.63, 3.8) is 0 Å². The lowest BCUT2D eigenvalue weighted by Crippen LogP contribution is -2.32. The van der Waals surface area contributed by atoms with E-state index in [4.69, 9.17) is 5.14 Å². The second kappa shape index (κ2) is 7.71. The third-order valence-electron chi connectivity index (χ3n) is 3.66. The molecule has 0 bridgehead atoms. The summed E-state index contributed by atoms with van der Waals surface area (Å²) in [5.74, 6) is -1.09. The van der Waals surface area contributed by atoms with Gasteiger partial charge in [0.2, 0.25) is 10.0 Å². The molecular weight excluding hydrogens is 304 g/mol. The van der Waals surface area contributed by atoms with Crippen LogP contribution in [0.4, 0.5) is 0 Å². The summed E-state index contributed by atoms with van der Waals surface area (Å²) < 4.78 is 23.0. The molecule has 124 valence electrons. The molecule has 0 aliphatic heterocycles. The number of nitrogens with one attached hydrogen (secondary N) is 1.